The molecule has 2 N–H and O–H groups in total. The number of ether oxygens (including phenoxy) is 1. The molecule has 0 fully saturated rings. The number of benzene rings is 2. The molecule has 0 radical (unpaired) electrons. The smallest absolute Gasteiger partial charge is 0.246 e. The van der Waals surface area contributed by atoms with Gasteiger partial charge in [0.15, 0.2) is 0 Å². The van der Waals surface area contributed by atoms with E-state index >= 15 is 0 Å². The highest BCUT2D eigenvalue weighted by Crippen LogP contribution is 2.30. The van der Waals surface area contributed by atoms with E-state index < -0.39 is 16.1 Å². The van der Waals surface area contributed by atoms with Crippen LogP contribution in [-0.4, -0.2) is 62.6 Å². The van der Waals surface area contributed by atoms with E-state index in [1.54, 1.807) is 44.7 Å². The van der Waals surface area contributed by atoms with Crippen molar-refractivity contribution >= 4 is 27.3 Å². The third-order valence-electron chi connectivity index (χ3n) is 4.79. The van der Waals surface area contributed by atoms with Crippen LogP contribution in [0, 0.1) is 0 Å². The summed E-state index contributed by atoms with van der Waals surface area (Å²) in [5.41, 5.74) is 1.16. The van der Waals surface area contributed by atoms with Crippen LogP contribution in [0.4, 0.5) is 11.4 Å². The molecule has 0 bridgehead atoms. The lowest BCUT2D eigenvalue weighted by Gasteiger charge is -2.25. The van der Waals surface area contributed by atoms with Crippen LogP contribution >= 0.6 is 0 Å². The lowest BCUT2D eigenvalue weighted by Crippen LogP contribution is -2.37. The number of carbonyl (C=O) groups excluding carboxylic acids is 1. The number of nitrogens with one attached hydrogen (secondary N) is 1. The van der Waals surface area contributed by atoms with Gasteiger partial charge in [-0.1, -0.05) is 32.0 Å². The van der Waals surface area contributed by atoms with Gasteiger partial charge in [-0.05, 0) is 44.2 Å². The summed E-state index contributed by atoms with van der Waals surface area (Å²) < 4.78 is 33.1. The minimum Gasteiger partial charge on any atom is -0.492 e. The lowest BCUT2D eigenvalue weighted by molar-refractivity contribution is -0.115. The SMILES string of the molecule is CCOc1ccc(NC(=O)CN(CC(C)O)c2ccccc2)cc1S(=O)(=O)N(CC)CC. The molecular formula is C23H33N3O5S. The zero-order valence-electron chi connectivity index (χ0n) is 19.1. The second kappa shape index (κ2) is 11.8. The Morgan fingerprint density at radius 3 is 2.31 bits per heavy atom. The predicted molar refractivity (Wildman–Crippen MR) is 127 cm³/mol. The summed E-state index contributed by atoms with van der Waals surface area (Å²) in [6.07, 6.45) is -0.626. The summed E-state index contributed by atoms with van der Waals surface area (Å²) >= 11 is 0. The molecule has 2 aromatic carbocycles. The van der Waals surface area contributed by atoms with Crippen LogP contribution in [0.15, 0.2) is 53.4 Å². The topological polar surface area (TPSA) is 99.2 Å². The van der Waals surface area contributed by atoms with Crippen LogP contribution in [0.3, 0.4) is 0 Å². The molecule has 0 heterocycles. The molecule has 0 spiro atoms. The summed E-state index contributed by atoms with van der Waals surface area (Å²) in [6.45, 7) is 8.23. The summed E-state index contributed by atoms with van der Waals surface area (Å²) in [6, 6.07) is 13.9. The van der Waals surface area contributed by atoms with Crippen molar-refractivity contribution in [2.75, 3.05) is 43.0 Å². The van der Waals surface area contributed by atoms with Crippen molar-refractivity contribution in [2.24, 2.45) is 0 Å². The minimum absolute atomic E-state index is 0.000251. The van der Waals surface area contributed by atoms with Gasteiger partial charge in [-0.3, -0.25) is 4.79 Å². The Kier molecular flexibility index (Phi) is 9.49. The molecule has 0 saturated heterocycles. The third-order valence-corrected chi connectivity index (χ3v) is 6.86. The fraction of sp³-hybridized carbons (Fsp3) is 0.435. The highest BCUT2D eigenvalue weighted by molar-refractivity contribution is 7.89. The molecule has 2 aromatic rings. The van der Waals surface area contributed by atoms with Crippen molar-refractivity contribution in [1.29, 1.82) is 0 Å². The first-order valence-corrected chi connectivity index (χ1v) is 12.2. The number of carbonyl (C=O) groups is 1. The summed E-state index contributed by atoms with van der Waals surface area (Å²) in [7, 11) is -3.78. The first kappa shape index (κ1) is 25.6. The standard InChI is InChI=1S/C23H33N3O5S/c1-5-26(6-2)32(29,30)22-15-19(13-14-21(22)31-7-3)24-23(28)17-25(16-18(4)27)20-11-9-8-10-12-20/h8-15,18,27H,5-7,16-17H2,1-4H3,(H,24,28). The van der Waals surface area contributed by atoms with Crippen LogP contribution in [-0.2, 0) is 14.8 Å². The quantitative estimate of drug-likeness (QED) is 0.502. The Labute approximate surface area is 190 Å². The van der Waals surface area contributed by atoms with E-state index in [-0.39, 0.29) is 29.6 Å². The number of anilines is 2. The summed E-state index contributed by atoms with van der Waals surface area (Å²) in [4.78, 5) is 14.6. The average molecular weight is 464 g/mol. The van der Waals surface area contributed by atoms with Gasteiger partial charge < -0.3 is 20.1 Å². The molecule has 32 heavy (non-hydrogen) atoms. The lowest BCUT2D eigenvalue weighted by atomic mass is 10.2. The Morgan fingerprint density at radius 1 is 1.09 bits per heavy atom. The van der Waals surface area contributed by atoms with Crippen LogP contribution < -0.4 is 15.0 Å². The molecule has 1 unspecified atom stereocenters. The first-order valence-electron chi connectivity index (χ1n) is 10.8. The number of hydrogen-bond donors (Lipinski definition) is 2. The fourth-order valence-electron chi connectivity index (χ4n) is 3.36. The van der Waals surface area contributed by atoms with Gasteiger partial charge in [0.2, 0.25) is 15.9 Å². The van der Waals surface area contributed by atoms with Crippen molar-refractivity contribution in [1.82, 2.24) is 4.31 Å². The fourth-order valence-corrected chi connectivity index (χ4v) is 4.97. The van der Waals surface area contributed by atoms with Gasteiger partial charge in [0.05, 0.1) is 19.3 Å². The van der Waals surface area contributed by atoms with E-state index in [2.05, 4.69) is 5.32 Å². The predicted octanol–water partition coefficient (Wildman–Crippen LogP) is 2.94. The van der Waals surface area contributed by atoms with Gasteiger partial charge in [0, 0.05) is 31.0 Å². The zero-order chi connectivity index (χ0) is 23.7. The second-order valence-electron chi connectivity index (χ2n) is 7.30. The van der Waals surface area contributed by atoms with Gasteiger partial charge in [-0.2, -0.15) is 4.31 Å². The normalized spacial score (nSPS) is 12.4. The highest BCUT2D eigenvalue weighted by Gasteiger charge is 2.26. The molecule has 0 saturated carbocycles. The molecule has 8 nitrogen and oxygen atoms in total. The molecule has 0 aliphatic rings. The molecule has 0 aromatic heterocycles. The molecule has 9 heteroatoms. The van der Waals surface area contributed by atoms with Gasteiger partial charge >= 0.3 is 0 Å². The number of nitrogens with zero attached hydrogens (tertiary/aromatic N) is 2. The van der Waals surface area contributed by atoms with Gasteiger partial charge in [-0.25, -0.2) is 8.42 Å². The number of para-hydroxylation sites is 1. The van der Waals surface area contributed by atoms with Crippen molar-refractivity contribution in [3.8, 4) is 5.75 Å². The molecule has 1 amide bonds. The van der Waals surface area contributed by atoms with Gasteiger partial charge in [0.1, 0.15) is 10.6 Å². The van der Waals surface area contributed by atoms with E-state index in [4.69, 9.17) is 4.74 Å². The second-order valence-corrected chi connectivity index (χ2v) is 9.20. The zero-order valence-corrected chi connectivity index (χ0v) is 19.9. The van der Waals surface area contributed by atoms with Crippen molar-refractivity contribution in [2.45, 2.75) is 38.7 Å². The number of hydrogen-bond acceptors (Lipinski definition) is 6. The Bertz CT molecular complexity index is 976. The molecule has 0 aliphatic carbocycles. The number of amides is 1. The molecule has 1 atom stereocenters. The third kappa shape index (κ3) is 6.69. The maximum atomic E-state index is 13.1. The molecule has 0 aliphatic heterocycles. The van der Waals surface area contributed by atoms with Crippen molar-refractivity contribution in [3.63, 3.8) is 0 Å². The van der Waals surface area contributed by atoms with Crippen LogP contribution in [0.2, 0.25) is 0 Å². The van der Waals surface area contributed by atoms with E-state index in [1.165, 1.54) is 10.4 Å². The highest BCUT2D eigenvalue weighted by atomic mass is 32.2. The van der Waals surface area contributed by atoms with Crippen molar-refractivity contribution in [3.05, 3.63) is 48.5 Å². The van der Waals surface area contributed by atoms with E-state index in [9.17, 15) is 18.3 Å². The Hall–Kier alpha value is -2.62. The monoisotopic (exact) mass is 463 g/mol. The number of aliphatic hydroxyl groups excluding tert-OH is 1. The maximum Gasteiger partial charge on any atom is 0.246 e. The van der Waals surface area contributed by atoms with Crippen molar-refractivity contribution < 1.29 is 23.1 Å². The number of sulfonamides is 1. The van der Waals surface area contributed by atoms with Crippen LogP contribution in [0.25, 0.3) is 0 Å². The van der Waals surface area contributed by atoms with Crippen LogP contribution in [0.5, 0.6) is 5.75 Å². The number of aliphatic hydroxyl groups is 1. The van der Waals surface area contributed by atoms with E-state index in [0.717, 1.165) is 5.69 Å². The first-order chi connectivity index (χ1) is 15.2. The summed E-state index contributed by atoms with van der Waals surface area (Å²) in [5.74, 6) is -0.0812. The van der Waals surface area contributed by atoms with Gasteiger partial charge in [0.25, 0.3) is 0 Å². The molecule has 2 rings (SSSR count). The maximum absolute atomic E-state index is 13.1. The Morgan fingerprint density at radius 2 is 1.75 bits per heavy atom. The molecule has 176 valence electrons. The number of rotatable bonds is 12. The van der Waals surface area contributed by atoms with E-state index in [1.807, 2.05) is 30.3 Å². The molecular weight excluding hydrogens is 430 g/mol. The average Bonchev–Trinajstić information content (AvgIpc) is 2.75. The largest absolute Gasteiger partial charge is 0.492 e. The van der Waals surface area contributed by atoms with Crippen LogP contribution in [0.1, 0.15) is 27.7 Å². The van der Waals surface area contributed by atoms with Gasteiger partial charge in [-0.15, -0.1) is 0 Å². The Balaban J connectivity index is 2.29. The summed E-state index contributed by atoms with van der Waals surface area (Å²) in [5, 5.41) is 12.6. The minimum atomic E-state index is -3.78. The van der Waals surface area contributed by atoms with E-state index in [0.29, 0.717) is 25.4 Å².